The first kappa shape index (κ1) is 31.9. The second kappa shape index (κ2) is 14.1. The minimum absolute atomic E-state index is 0.233. The van der Waals surface area contributed by atoms with Crippen LogP contribution in [0.3, 0.4) is 0 Å². The molecular weight excluding hydrogens is 569 g/mol. The number of alkyl halides is 2. The normalized spacial score (nSPS) is 28.2. The van der Waals surface area contributed by atoms with Crippen molar-refractivity contribution < 1.29 is 36.4 Å². The minimum atomic E-state index is -4.14. The van der Waals surface area contributed by atoms with Crippen LogP contribution in [0, 0.1) is 18.8 Å². The van der Waals surface area contributed by atoms with E-state index in [1.54, 1.807) is 6.92 Å². The number of rotatable bonds is 11. The van der Waals surface area contributed by atoms with Gasteiger partial charge < -0.3 is 4.74 Å². The summed E-state index contributed by atoms with van der Waals surface area (Å²) in [5.74, 6) is -5.67. The Morgan fingerprint density at radius 2 is 1.52 bits per heavy atom. The van der Waals surface area contributed by atoms with Crippen molar-refractivity contribution in [3.63, 3.8) is 0 Å². The number of hydrogen-bond donors (Lipinski definition) is 0. The second-order valence-corrected chi connectivity index (χ2v) is 14.1. The van der Waals surface area contributed by atoms with Gasteiger partial charge in [0, 0.05) is 24.2 Å². The standard InChI is InChI=1S/C30H45F2N2O7P/c1-21-17-18-34(29(36)33-21)28-30(31,32)25(19-26(35)22-11-5-2-6-12-22)27(39-28)20-38-42(37,40-23-13-7-3-8-14-23)41-24-15-9-4-10-16-24/h17-18,22-25,27-28H,2-16,19-20H2,1H3/t25-,27-,28-/m1/s1. The molecule has 3 saturated carbocycles. The zero-order valence-corrected chi connectivity index (χ0v) is 25.5. The molecule has 1 aromatic heterocycles. The molecule has 0 spiro atoms. The Kier molecular flexibility index (Phi) is 10.7. The van der Waals surface area contributed by atoms with Gasteiger partial charge in [0.25, 0.3) is 5.92 Å². The maximum Gasteiger partial charge on any atom is 0.475 e. The topological polar surface area (TPSA) is 106 Å². The van der Waals surface area contributed by atoms with Crippen LogP contribution >= 0.6 is 7.82 Å². The van der Waals surface area contributed by atoms with Crippen molar-refractivity contribution in [2.45, 2.75) is 140 Å². The lowest BCUT2D eigenvalue weighted by Gasteiger charge is -2.31. The van der Waals surface area contributed by atoms with E-state index in [2.05, 4.69) is 4.98 Å². The molecule has 4 fully saturated rings. The highest BCUT2D eigenvalue weighted by Crippen LogP contribution is 2.56. The largest absolute Gasteiger partial charge is 0.475 e. The molecule has 0 radical (unpaired) electrons. The molecule has 12 heteroatoms. The summed E-state index contributed by atoms with van der Waals surface area (Å²) < 4.78 is 70.7. The SMILES string of the molecule is Cc1ccn([C@@H]2O[C@H](COP(=O)(OC3CCCCC3)OC3CCCCC3)[C@@H](CC(=O)C3CCCCC3)C2(F)F)c(=O)n1. The summed E-state index contributed by atoms with van der Waals surface area (Å²) in [4.78, 5) is 29.7. The Morgan fingerprint density at radius 1 is 0.976 bits per heavy atom. The number of carbonyl (C=O) groups excluding carboxylic acids is 1. The highest BCUT2D eigenvalue weighted by Gasteiger charge is 2.61. The van der Waals surface area contributed by atoms with Gasteiger partial charge in [0.05, 0.1) is 30.8 Å². The van der Waals surface area contributed by atoms with Crippen LogP contribution in [0.2, 0.25) is 0 Å². The summed E-state index contributed by atoms with van der Waals surface area (Å²) in [6.45, 7) is 1.08. The Hall–Kier alpha value is -1.52. The lowest BCUT2D eigenvalue weighted by atomic mass is 9.81. The first-order valence-electron chi connectivity index (χ1n) is 15.9. The Morgan fingerprint density at radius 3 is 2.07 bits per heavy atom. The molecule has 0 N–H and O–H groups in total. The first-order chi connectivity index (χ1) is 20.1. The highest BCUT2D eigenvalue weighted by molar-refractivity contribution is 7.48. The van der Waals surface area contributed by atoms with E-state index < -0.39 is 50.7 Å². The van der Waals surface area contributed by atoms with Gasteiger partial charge in [-0.1, -0.05) is 57.8 Å². The predicted octanol–water partition coefficient (Wildman–Crippen LogP) is 7.06. The van der Waals surface area contributed by atoms with Gasteiger partial charge in [-0.25, -0.2) is 18.1 Å². The van der Waals surface area contributed by atoms with E-state index in [9.17, 15) is 14.2 Å². The molecule has 1 aromatic rings. The Labute approximate surface area is 246 Å². The molecule has 42 heavy (non-hydrogen) atoms. The Bertz CT molecular complexity index is 1140. The van der Waals surface area contributed by atoms with Gasteiger partial charge in [0.2, 0.25) is 6.23 Å². The van der Waals surface area contributed by atoms with E-state index in [4.69, 9.17) is 18.3 Å². The molecule has 0 amide bonds. The second-order valence-electron chi connectivity index (χ2n) is 12.5. The molecule has 4 aliphatic rings. The number of aryl methyl sites for hydroxylation is 1. The number of ether oxygens (including phenoxy) is 1. The van der Waals surface area contributed by atoms with E-state index in [0.717, 1.165) is 88.0 Å². The highest BCUT2D eigenvalue weighted by atomic mass is 31.2. The fourth-order valence-electron chi connectivity index (χ4n) is 6.90. The summed E-state index contributed by atoms with van der Waals surface area (Å²) in [5, 5.41) is 0. The molecule has 3 atom stereocenters. The first-order valence-corrected chi connectivity index (χ1v) is 17.3. The van der Waals surface area contributed by atoms with E-state index in [1.165, 1.54) is 12.3 Å². The average Bonchev–Trinajstić information content (AvgIpc) is 3.22. The van der Waals surface area contributed by atoms with Gasteiger partial charge in [0.1, 0.15) is 5.78 Å². The molecule has 1 aliphatic heterocycles. The van der Waals surface area contributed by atoms with Gasteiger partial charge in [0.15, 0.2) is 0 Å². The van der Waals surface area contributed by atoms with Crippen molar-refractivity contribution in [3.8, 4) is 0 Å². The number of Topliss-reactive ketones (excluding diaryl/α,β-unsaturated/α-hetero) is 1. The quantitative estimate of drug-likeness (QED) is 0.244. The number of carbonyl (C=O) groups is 1. The van der Waals surface area contributed by atoms with Crippen molar-refractivity contribution in [1.29, 1.82) is 0 Å². The fourth-order valence-corrected chi connectivity index (χ4v) is 8.55. The average molecular weight is 615 g/mol. The van der Waals surface area contributed by atoms with Crippen LogP contribution in [0.25, 0.3) is 0 Å². The van der Waals surface area contributed by atoms with Crippen molar-refractivity contribution >= 4 is 13.6 Å². The predicted molar refractivity (Wildman–Crippen MR) is 151 cm³/mol. The van der Waals surface area contributed by atoms with Crippen LogP contribution in [0.5, 0.6) is 0 Å². The third-order valence-electron chi connectivity index (χ3n) is 9.34. The third kappa shape index (κ3) is 7.76. The van der Waals surface area contributed by atoms with E-state index in [-0.39, 0.29) is 23.9 Å². The number of phosphoric ester groups is 1. The monoisotopic (exact) mass is 614 g/mol. The fraction of sp³-hybridized carbons (Fsp3) is 0.833. The number of nitrogens with zero attached hydrogens (tertiary/aromatic N) is 2. The minimum Gasteiger partial charge on any atom is -0.345 e. The van der Waals surface area contributed by atoms with Crippen LogP contribution < -0.4 is 5.69 Å². The van der Waals surface area contributed by atoms with Crippen LogP contribution in [0.4, 0.5) is 8.78 Å². The van der Waals surface area contributed by atoms with Crippen molar-refractivity contribution in [2.24, 2.45) is 11.8 Å². The number of halogens is 2. The van der Waals surface area contributed by atoms with E-state index >= 15 is 8.78 Å². The van der Waals surface area contributed by atoms with Crippen LogP contribution in [0.1, 0.15) is 115 Å². The number of phosphoric acid groups is 1. The third-order valence-corrected chi connectivity index (χ3v) is 10.9. The maximum absolute atomic E-state index is 16.1. The molecule has 1 saturated heterocycles. The summed E-state index contributed by atoms with van der Waals surface area (Å²) in [6, 6.07) is 1.46. The summed E-state index contributed by atoms with van der Waals surface area (Å²) in [6.07, 6.45) is 9.94. The van der Waals surface area contributed by atoms with Crippen LogP contribution in [-0.2, 0) is 27.7 Å². The molecule has 5 rings (SSSR count). The van der Waals surface area contributed by atoms with Gasteiger partial charge in [-0.05, 0) is 51.5 Å². The van der Waals surface area contributed by atoms with Gasteiger partial charge in [-0.3, -0.25) is 22.9 Å². The molecule has 0 bridgehead atoms. The molecular formula is C30H45F2N2O7P. The molecule has 9 nitrogen and oxygen atoms in total. The van der Waals surface area contributed by atoms with Crippen LogP contribution in [-0.4, -0.2) is 46.2 Å². The van der Waals surface area contributed by atoms with Crippen molar-refractivity contribution in [3.05, 3.63) is 28.4 Å². The molecule has 236 valence electrons. The van der Waals surface area contributed by atoms with Gasteiger partial charge in [-0.15, -0.1) is 0 Å². The maximum atomic E-state index is 16.1. The molecule has 3 aliphatic carbocycles. The number of ketones is 1. The van der Waals surface area contributed by atoms with Gasteiger partial charge >= 0.3 is 13.5 Å². The smallest absolute Gasteiger partial charge is 0.345 e. The summed E-state index contributed by atoms with van der Waals surface area (Å²) in [7, 11) is -4.14. The summed E-state index contributed by atoms with van der Waals surface area (Å²) in [5.41, 5.74) is -0.479. The lowest BCUT2D eigenvalue weighted by Crippen LogP contribution is -2.40. The molecule has 0 unspecified atom stereocenters. The molecule has 0 aromatic carbocycles. The zero-order chi connectivity index (χ0) is 29.7. The van der Waals surface area contributed by atoms with Gasteiger partial charge in [-0.2, -0.15) is 4.98 Å². The lowest BCUT2D eigenvalue weighted by molar-refractivity contribution is -0.137. The molecule has 2 heterocycles. The Balaban J connectivity index is 1.37. The van der Waals surface area contributed by atoms with Crippen LogP contribution in [0.15, 0.2) is 17.1 Å². The van der Waals surface area contributed by atoms with E-state index in [0.29, 0.717) is 18.5 Å². The number of hydrogen-bond acceptors (Lipinski definition) is 8. The van der Waals surface area contributed by atoms with E-state index in [1.807, 2.05) is 0 Å². The summed E-state index contributed by atoms with van der Waals surface area (Å²) >= 11 is 0. The zero-order valence-electron chi connectivity index (χ0n) is 24.6. The van der Waals surface area contributed by atoms with Crippen molar-refractivity contribution in [2.75, 3.05) is 6.61 Å². The van der Waals surface area contributed by atoms with Crippen molar-refractivity contribution in [1.82, 2.24) is 9.55 Å². The number of aromatic nitrogens is 2.